The van der Waals surface area contributed by atoms with Crippen molar-refractivity contribution >= 4 is 23.3 Å². The predicted octanol–water partition coefficient (Wildman–Crippen LogP) is 1.96. The summed E-state index contributed by atoms with van der Waals surface area (Å²) >= 11 is 0. The molecule has 2 aromatic rings. The van der Waals surface area contributed by atoms with E-state index in [2.05, 4.69) is 10.2 Å². The molecule has 9 nitrogen and oxygen atoms in total. The number of carbonyl (C=O) groups excluding carboxylic acids is 3. The number of Topliss-reactive ketones (excluding diaryl/α,β-unsaturated/α-hetero) is 1. The molecule has 2 aliphatic rings. The molecule has 1 N–H and O–H groups in total. The molecule has 0 saturated carbocycles. The highest BCUT2D eigenvalue weighted by Gasteiger charge is 2.33. The van der Waals surface area contributed by atoms with Crippen LogP contribution in [0.15, 0.2) is 36.4 Å². The molecule has 1 fully saturated rings. The number of benzene rings is 2. The fraction of sp³-hybridized carbons (Fsp3) is 0.423. The van der Waals surface area contributed by atoms with E-state index in [1.807, 2.05) is 0 Å². The van der Waals surface area contributed by atoms with Gasteiger partial charge in [-0.1, -0.05) is 6.07 Å². The number of carbonyl (C=O) groups is 3. The van der Waals surface area contributed by atoms with Gasteiger partial charge in [-0.25, -0.2) is 4.39 Å². The zero-order valence-electron chi connectivity index (χ0n) is 20.4. The highest BCUT2D eigenvalue weighted by atomic mass is 19.1. The van der Waals surface area contributed by atoms with E-state index in [1.165, 1.54) is 23.1 Å². The van der Waals surface area contributed by atoms with Gasteiger partial charge in [0.05, 0.1) is 18.9 Å². The second kappa shape index (κ2) is 11.5. The van der Waals surface area contributed by atoms with Gasteiger partial charge in [0, 0.05) is 31.7 Å². The number of aryl methyl sites for hydroxylation is 1. The molecule has 1 saturated heterocycles. The highest BCUT2D eigenvalue weighted by Crippen LogP contribution is 2.34. The van der Waals surface area contributed by atoms with Crippen LogP contribution in [0.1, 0.15) is 22.8 Å². The Morgan fingerprint density at radius 3 is 2.72 bits per heavy atom. The van der Waals surface area contributed by atoms with Crippen molar-refractivity contribution in [1.82, 2.24) is 10.2 Å². The number of ether oxygens (including phenoxy) is 3. The lowest BCUT2D eigenvalue weighted by Gasteiger charge is -2.34. The van der Waals surface area contributed by atoms with Crippen LogP contribution in [0.2, 0.25) is 0 Å². The lowest BCUT2D eigenvalue weighted by molar-refractivity contribution is -0.127. The van der Waals surface area contributed by atoms with Gasteiger partial charge in [-0.3, -0.25) is 24.2 Å². The van der Waals surface area contributed by atoms with Gasteiger partial charge in [0.25, 0.3) is 5.91 Å². The molecular formula is C26H30FN3O6. The highest BCUT2D eigenvalue weighted by molar-refractivity contribution is 6.05. The molecule has 0 aliphatic carbocycles. The molecule has 1 atom stereocenters. The summed E-state index contributed by atoms with van der Waals surface area (Å²) in [5.74, 6) is -1.27. The normalized spacial score (nSPS) is 16.6. The number of rotatable bonds is 9. The molecule has 0 bridgehead atoms. The van der Waals surface area contributed by atoms with Gasteiger partial charge in [-0.15, -0.1) is 0 Å². The van der Waals surface area contributed by atoms with Crippen LogP contribution in [0.25, 0.3) is 0 Å². The number of hydrogen-bond acceptors (Lipinski definition) is 7. The Kier molecular flexibility index (Phi) is 8.17. The van der Waals surface area contributed by atoms with Crippen LogP contribution in [0, 0.1) is 12.7 Å². The van der Waals surface area contributed by atoms with Crippen molar-refractivity contribution < 1.29 is 33.0 Å². The summed E-state index contributed by atoms with van der Waals surface area (Å²) in [6.45, 7) is 6.96. The van der Waals surface area contributed by atoms with Crippen LogP contribution in [0.3, 0.4) is 0 Å². The first-order valence-electron chi connectivity index (χ1n) is 11.9. The van der Waals surface area contributed by atoms with Gasteiger partial charge in [0.1, 0.15) is 11.8 Å². The topological polar surface area (TPSA) is 97.4 Å². The van der Waals surface area contributed by atoms with E-state index >= 15 is 0 Å². The van der Waals surface area contributed by atoms with Crippen molar-refractivity contribution in [3.63, 3.8) is 0 Å². The number of amides is 2. The molecule has 0 aromatic heterocycles. The van der Waals surface area contributed by atoms with E-state index in [0.29, 0.717) is 37.7 Å². The van der Waals surface area contributed by atoms with E-state index in [-0.39, 0.29) is 36.3 Å². The minimum absolute atomic E-state index is 0.0104. The molecule has 0 radical (unpaired) electrons. The molecule has 2 heterocycles. The van der Waals surface area contributed by atoms with E-state index in [9.17, 15) is 18.8 Å². The second-order valence-corrected chi connectivity index (χ2v) is 8.80. The van der Waals surface area contributed by atoms with Crippen LogP contribution < -0.4 is 19.7 Å². The zero-order chi connectivity index (χ0) is 25.7. The third-order valence-corrected chi connectivity index (χ3v) is 6.20. The van der Waals surface area contributed by atoms with Gasteiger partial charge in [-0.05, 0) is 49.7 Å². The van der Waals surface area contributed by atoms with Gasteiger partial charge >= 0.3 is 0 Å². The summed E-state index contributed by atoms with van der Waals surface area (Å²) in [7, 11) is 0. The van der Waals surface area contributed by atoms with Crippen LogP contribution in [-0.4, -0.2) is 81.1 Å². The molecule has 0 spiro atoms. The summed E-state index contributed by atoms with van der Waals surface area (Å²) in [6.07, 6.45) is 0. The molecule has 4 rings (SSSR count). The van der Waals surface area contributed by atoms with Crippen molar-refractivity contribution in [1.29, 1.82) is 0 Å². The van der Waals surface area contributed by atoms with Crippen molar-refractivity contribution in [3.8, 4) is 11.5 Å². The van der Waals surface area contributed by atoms with Crippen molar-refractivity contribution in [2.45, 2.75) is 19.9 Å². The van der Waals surface area contributed by atoms with E-state index in [0.717, 1.165) is 18.7 Å². The first-order valence-corrected chi connectivity index (χ1v) is 11.9. The van der Waals surface area contributed by atoms with Gasteiger partial charge in [0.2, 0.25) is 5.91 Å². The largest absolute Gasteiger partial charge is 0.482 e. The minimum atomic E-state index is -0.812. The van der Waals surface area contributed by atoms with Crippen molar-refractivity contribution in [2.24, 2.45) is 0 Å². The summed E-state index contributed by atoms with van der Waals surface area (Å²) < 4.78 is 30.2. The Balaban J connectivity index is 1.43. The number of hydrogen-bond donors (Lipinski definition) is 1. The second-order valence-electron chi connectivity index (χ2n) is 8.80. The molecule has 0 unspecified atom stereocenters. The average molecular weight is 500 g/mol. The third-order valence-electron chi connectivity index (χ3n) is 6.20. The number of anilines is 1. The van der Waals surface area contributed by atoms with Gasteiger partial charge in [-0.2, -0.15) is 0 Å². The quantitative estimate of drug-likeness (QED) is 0.527. The summed E-state index contributed by atoms with van der Waals surface area (Å²) in [6, 6.07) is 8.23. The number of ketones is 1. The number of fused-ring (bicyclic) bond motifs is 1. The number of nitrogens with one attached hydrogen (secondary N) is 1. The maximum atomic E-state index is 14.0. The average Bonchev–Trinajstić information content (AvgIpc) is 2.88. The first-order chi connectivity index (χ1) is 17.3. The third kappa shape index (κ3) is 6.00. The Morgan fingerprint density at radius 2 is 1.94 bits per heavy atom. The minimum Gasteiger partial charge on any atom is -0.482 e. The van der Waals surface area contributed by atoms with Crippen LogP contribution in [-0.2, 0) is 14.3 Å². The van der Waals surface area contributed by atoms with E-state index in [4.69, 9.17) is 14.2 Å². The zero-order valence-corrected chi connectivity index (χ0v) is 20.4. The Morgan fingerprint density at radius 1 is 1.17 bits per heavy atom. The predicted molar refractivity (Wildman–Crippen MR) is 130 cm³/mol. The Bertz CT molecular complexity index is 1130. The molecular weight excluding hydrogens is 469 g/mol. The number of morpholine rings is 1. The smallest absolute Gasteiger partial charge is 0.265 e. The summed E-state index contributed by atoms with van der Waals surface area (Å²) in [5, 5.41) is 2.89. The molecule has 2 aromatic carbocycles. The first kappa shape index (κ1) is 25.6. The lowest BCUT2D eigenvalue weighted by atomic mass is 10.1. The van der Waals surface area contributed by atoms with Crippen LogP contribution >= 0.6 is 0 Å². The summed E-state index contributed by atoms with van der Waals surface area (Å²) in [5.41, 5.74) is 1.39. The fourth-order valence-corrected chi connectivity index (χ4v) is 4.14. The fourth-order valence-electron chi connectivity index (χ4n) is 4.14. The van der Waals surface area contributed by atoms with E-state index in [1.54, 1.807) is 32.0 Å². The maximum Gasteiger partial charge on any atom is 0.265 e. The van der Waals surface area contributed by atoms with Gasteiger partial charge < -0.3 is 19.5 Å². The Hall–Kier alpha value is -3.50. The number of nitrogens with zero attached hydrogens (tertiary/aromatic N) is 2. The SMILES string of the molecule is Cc1ccc(F)c(OCC(=O)c2ccc3c(c2)N([C@@H](C)C(=O)NCCN2CCOCC2)C(=O)CO3)c1. The molecule has 2 amide bonds. The monoisotopic (exact) mass is 499 g/mol. The Labute approximate surface area is 209 Å². The molecule has 36 heavy (non-hydrogen) atoms. The van der Waals surface area contributed by atoms with Crippen molar-refractivity contribution in [3.05, 3.63) is 53.3 Å². The van der Waals surface area contributed by atoms with Gasteiger partial charge in [0.15, 0.2) is 30.6 Å². The molecule has 10 heteroatoms. The number of halogens is 1. The van der Waals surface area contributed by atoms with Crippen molar-refractivity contribution in [2.75, 3.05) is 57.5 Å². The lowest BCUT2D eigenvalue weighted by Crippen LogP contribution is -2.52. The standard InChI is InChI=1S/C26H30FN3O6/c1-17-3-5-20(27)24(13-17)35-15-22(31)19-4-6-23-21(14-19)30(25(32)16-36-23)18(2)26(33)28-7-8-29-9-11-34-12-10-29/h3-6,13-14,18H,7-12,15-16H2,1-2H3,(H,28,33)/t18-/m0/s1. The molecule has 192 valence electrons. The van der Waals surface area contributed by atoms with E-state index < -0.39 is 17.6 Å². The van der Waals surface area contributed by atoms with Crippen LogP contribution in [0.5, 0.6) is 11.5 Å². The maximum absolute atomic E-state index is 14.0. The summed E-state index contributed by atoms with van der Waals surface area (Å²) in [4.78, 5) is 41.9. The molecule has 2 aliphatic heterocycles. The van der Waals surface area contributed by atoms with Crippen LogP contribution in [0.4, 0.5) is 10.1 Å².